The van der Waals surface area contributed by atoms with Crippen molar-refractivity contribution in [3.63, 3.8) is 0 Å². The Morgan fingerprint density at radius 1 is 1.10 bits per heavy atom. The van der Waals surface area contributed by atoms with Crippen LogP contribution in [-0.2, 0) is 0 Å². The minimum absolute atomic E-state index is 0.267. The van der Waals surface area contributed by atoms with Crippen molar-refractivity contribution in [2.45, 2.75) is 0 Å². The molecule has 1 aromatic heterocycles. The van der Waals surface area contributed by atoms with Gasteiger partial charge in [-0.1, -0.05) is 34.1 Å². The number of carboxylic acids is 1. The van der Waals surface area contributed by atoms with Crippen LogP contribution in [0.3, 0.4) is 0 Å². The highest BCUT2D eigenvalue weighted by Crippen LogP contribution is 2.29. The Morgan fingerprint density at radius 2 is 1.90 bits per heavy atom. The Balaban J connectivity index is 2.19. The minimum Gasteiger partial charge on any atom is -0.478 e. The molecular weight excluding hydrogens is 318 g/mol. The zero-order valence-electron chi connectivity index (χ0n) is 10.4. The first-order valence-corrected chi connectivity index (χ1v) is 6.82. The van der Waals surface area contributed by atoms with Gasteiger partial charge in [0.2, 0.25) is 0 Å². The van der Waals surface area contributed by atoms with Crippen LogP contribution in [0.2, 0.25) is 0 Å². The first-order valence-electron chi connectivity index (χ1n) is 6.03. The summed E-state index contributed by atoms with van der Waals surface area (Å²) in [6.45, 7) is 0. The molecule has 3 nitrogen and oxygen atoms in total. The summed E-state index contributed by atoms with van der Waals surface area (Å²) in [5, 5.41) is 9.86. The number of pyridine rings is 1. The maximum Gasteiger partial charge on any atom is 0.335 e. The van der Waals surface area contributed by atoms with E-state index in [4.69, 9.17) is 5.11 Å². The Labute approximate surface area is 124 Å². The van der Waals surface area contributed by atoms with Gasteiger partial charge in [0.25, 0.3) is 0 Å². The van der Waals surface area contributed by atoms with Crippen LogP contribution in [0.25, 0.3) is 22.0 Å². The van der Waals surface area contributed by atoms with Crippen LogP contribution in [0.1, 0.15) is 10.4 Å². The molecule has 0 aliphatic carbocycles. The molecule has 0 aliphatic heterocycles. The monoisotopic (exact) mass is 327 g/mol. The number of fused-ring (bicyclic) bond motifs is 1. The van der Waals surface area contributed by atoms with E-state index < -0.39 is 5.97 Å². The lowest BCUT2D eigenvalue weighted by Crippen LogP contribution is -1.95. The zero-order chi connectivity index (χ0) is 14.1. The molecule has 0 bridgehead atoms. The topological polar surface area (TPSA) is 50.2 Å². The fourth-order valence-corrected chi connectivity index (χ4v) is 2.62. The largest absolute Gasteiger partial charge is 0.478 e. The molecule has 4 heteroatoms. The number of aromatic carboxylic acids is 1. The Kier molecular flexibility index (Phi) is 3.24. The molecule has 0 atom stereocenters. The predicted octanol–water partition coefficient (Wildman–Crippen LogP) is 4.36. The van der Waals surface area contributed by atoms with Crippen LogP contribution in [0.5, 0.6) is 0 Å². The van der Waals surface area contributed by atoms with Crippen molar-refractivity contribution in [2.75, 3.05) is 0 Å². The molecule has 98 valence electrons. The normalized spacial score (nSPS) is 10.7. The Hall–Kier alpha value is -2.20. The van der Waals surface area contributed by atoms with Crippen LogP contribution in [0.15, 0.2) is 59.2 Å². The Morgan fingerprint density at radius 3 is 2.65 bits per heavy atom. The SMILES string of the molecule is O=C(O)c1ccc2ncc(-c3ccccc3Br)cc2c1. The third kappa shape index (κ3) is 2.30. The first-order chi connectivity index (χ1) is 9.65. The van der Waals surface area contributed by atoms with Gasteiger partial charge in [0, 0.05) is 21.6 Å². The third-order valence-corrected chi connectivity index (χ3v) is 3.80. The fourth-order valence-electron chi connectivity index (χ4n) is 2.11. The molecule has 1 N–H and O–H groups in total. The van der Waals surface area contributed by atoms with E-state index in [-0.39, 0.29) is 5.56 Å². The standard InChI is InChI=1S/C16H10BrNO2/c17-14-4-2-1-3-13(14)12-8-11-7-10(16(19)20)5-6-15(11)18-9-12/h1-9H,(H,19,20). The molecule has 0 amide bonds. The van der Waals surface area contributed by atoms with Gasteiger partial charge in [-0.2, -0.15) is 0 Å². The van der Waals surface area contributed by atoms with Crippen molar-refractivity contribution in [3.05, 3.63) is 64.8 Å². The lowest BCUT2D eigenvalue weighted by molar-refractivity contribution is 0.0697. The van der Waals surface area contributed by atoms with Crippen molar-refractivity contribution < 1.29 is 9.90 Å². The maximum atomic E-state index is 11.0. The minimum atomic E-state index is -0.932. The number of hydrogen-bond acceptors (Lipinski definition) is 2. The zero-order valence-corrected chi connectivity index (χ0v) is 12.0. The molecule has 0 aliphatic rings. The summed E-state index contributed by atoms with van der Waals surface area (Å²) < 4.78 is 0.982. The number of halogens is 1. The molecule has 0 spiro atoms. The molecule has 0 saturated heterocycles. The molecular formula is C16H10BrNO2. The lowest BCUT2D eigenvalue weighted by Gasteiger charge is -2.06. The van der Waals surface area contributed by atoms with Crippen molar-refractivity contribution in [1.82, 2.24) is 4.98 Å². The molecule has 0 radical (unpaired) electrons. The van der Waals surface area contributed by atoms with Crippen LogP contribution >= 0.6 is 15.9 Å². The highest BCUT2D eigenvalue weighted by atomic mass is 79.9. The highest BCUT2D eigenvalue weighted by Gasteiger charge is 2.07. The van der Waals surface area contributed by atoms with Gasteiger partial charge < -0.3 is 5.11 Å². The Bertz CT molecular complexity index is 814. The molecule has 20 heavy (non-hydrogen) atoms. The van der Waals surface area contributed by atoms with Crippen molar-refractivity contribution in [1.29, 1.82) is 0 Å². The maximum absolute atomic E-state index is 11.0. The second kappa shape index (κ2) is 5.06. The first kappa shape index (κ1) is 12.8. The molecule has 3 rings (SSSR count). The van der Waals surface area contributed by atoms with Crippen LogP contribution in [0, 0.1) is 0 Å². The summed E-state index contributed by atoms with van der Waals surface area (Å²) in [5.41, 5.74) is 3.03. The van der Waals surface area contributed by atoms with E-state index in [1.54, 1.807) is 24.4 Å². The highest BCUT2D eigenvalue weighted by molar-refractivity contribution is 9.10. The molecule has 2 aromatic carbocycles. The number of aromatic nitrogens is 1. The summed E-state index contributed by atoms with van der Waals surface area (Å²) in [7, 11) is 0. The number of benzene rings is 2. The molecule has 1 heterocycles. The van der Waals surface area contributed by atoms with E-state index >= 15 is 0 Å². The van der Waals surface area contributed by atoms with Gasteiger partial charge in [0.05, 0.1) is 11.1 Å². The van der Waals surface area contributed by atoms with Crippen molar-refractivity contribution in [2.24, 2.45) is 0 Å². The van der Waals surface area contributed by atoms with E-state index in [1.165, 1.54) is 0 Å². The van der Waals surface area contributed by atoms with E-state index in [2.05, 4.69) is 20.9 Å². The number of rotatable bonds is 2. The fraction of sp³-hybridized carbons (Fsp3) is 0. The molecule has 3 aromatic rings. The summed E-state index contributed by atoms with van der Waals surface area (Å²) >= 11 is 3.51. The summed E-state index contributed by atoms with van der Waals surface area (Å²) in [4.78, 5) is 15.4. The van der Waals surface area contributed by atoms with E-state index in [0.717, 1.165) is 26.5 Å². The van der Waals surface area contributed by atoms with Gasteiger partial charge in [-0.05, 0) is 35.9 Å². The lowest BCUT2D eigenvalue weighted by atomic mass is 10.0. The van der Waals surface area contributed by atoms with Gasteiger partial charge in [-0.25, -0.2) is 4.79 Å². The van der Waals surface area contributed by atoms with E-state index in [1.807, 2.05) is 30.3 Å². The van der Waals surface area contributed by atoms with Gasteiger partial charge in [-0.15, -0.1) is 0 Å². The van der Waals surface area contributed by atoms with E-state index in [0.29, 0.717) is 0 Å². The molecule has 0 saturated carbocycles. The van der Waals surface area contributed by atoms with E-state index in [9.17, 15) is 4.79 Å². The van der Waals surface area contributed by atoms with Crippen LogP contribution < -0.4 is 0 Å². The molecule has 0 unspecified atom stereocenters. The van der Waals surface area contributed by atoms with Crippen LogP contribution in [0.4, 0.5) is 0 Å². The molecule has 0 fully saturated rings. The van der Waals surface area contributed by atoms with Gasteiger partial charge in [0.1, 0.15) is 0 Å². The van der Waals surface area contributed by atoms with Crippen molar-refractivity contribution >= 4 is 32.8 Å². The average molecular weight is 328 g/mol. The second-order valence-electron chi connectivity index (χ2n) is 4.42. The van der Waals surface area contributed by atoms with Gasteiger partial charge in [0.15, 0.2) is 0 Å². The van der Waals surface area contributed by atoms with Crippen molar-refractivity contribution in [3.8, 4) is 11.1 Å². The quantitative estimate of drug-likeness (QED) is 0.760. The predicted molar refractivity (Wildman–Crippen MR) is 81.8 cm³/mol. The van der Waals surface area contributed by atoms with Gasteiger partial charge >= 0.3 is 5.97 Å². The summed E-state index contributed by atoms with van der Waals surface area (Å²) in [6, 6.07) is 14.8. The van der Waals surface area contributed by atoms with Gasteiger partial charge in [-0.3, -0.25) is 4.98 Å². The summed E-state index contributed by atoms with van der Waals surface area (Å²) in [5.74, 6) is -0.932. The summed E-state index contributed by atoms with van der Waals surface area (Å²) in [6.07, 6.45) is 1.79. The third-order valence-electron chi connectivity index (χ3n) is 3.11. The number of nitrogens with zero attached hydrogens (tertiary/aromatic N) is 1. The number of carbonyl (C=O) groups is 1. The smallest absolute Gasteiger partial charge is 0.335 e. The number of hydrogen-bond donors (Lipinski definition) is 1. The number of carboxylic acid groups (broad SMARTS) is 1. The second-order valence-corrected chi connectivity index (χ2v) is 5.27. The van der Waals surface area contributed by atoms with Crippen LogP contribution in [-0.4, -0.2) is 16.1 Å². The average Bonchev–Trinajstić information content (AvgIpc) is 2.46.